The van der Waals surface area contributed by atoms with Gasteiger partial charge in [-0.2, -0.15) is 0 Å². The summed E-state index contributed by atoms with van der Waals surface area (Å²) in [5.74, 6) is 0.743. The topological polar surface area (TPSA) is 61.4 Å². The maximum atomic E-state index is 12.7. The molecule has 1 aliphatic carbocycles. The number of hydrogen-bond donors (Lipinski definition) is 3. The highest BCUT2D eigenvalue weighted by molar-refractivity contribution is 9.11. The number of anilines is 1. The van der Waals surface area contributed by atoms with Crippen molar-refractivity contribution >= 4 is 54.1 Å². The SMILES string of the molecule is CC1CCc2c(sc3c2C(=O)NC(c2cc(Br)cc(Br)c2O)N3)C1. The molecule has 0 bridgehead atoms. The number of carbonyl (C=O) groups excluding carboxylic acids is 1. The first kappa shape index (κ1) is 16.4. The number of aromatic hydroxyl groups is 1. The summed E-state index contributed by atoms with van der Waals surface area (Å²) in [4.78, 5) is 14.0. The molecule has 3 N–H and O–H groups in total. The molecule has 0 fully saturated rings. The van der Waals surface area contributed by atoms with Crippen molar-refractivity contribution in [3.63, 3.8) is 0 Å². The van der Waals surface area contributed by atoms with Crippen LogP contribution in [0.25, 0.3) is 0 Å². The fraction of sp³-hybridized carbons (Fsp3) is 0.353. The van der Waals surface area contributed by atoms with E-state index in [0.29, 0.717) is 16.0 Å². The number of nitrogens with one attached hydrogen (secondary N) is 2. The van der Waals surface area contributed by atoms with Crippen molar-refractivity contribution in [2.24, 2.45) is 5.92 Å². The van der Waals surface area contributed by atoms with Gasteiger partial charge in [-0.3, -0.25) is 4.79 Å². The van der Waals surface area contributed by atoms with Crippen LogP contribution in [-0.4, -0.2) is 11.0 Å². The summed E-state index contributed by atoms with van der Waals surface area (Å²) in [5, 5.41) is 17.6. The van der Waals surface area contributed by atoms with Gasteiger partial charge in [0.05, 0.1) is 10.0 Å². The first-order valence-electron chi connectivity index (χ1n) is 7.84. The Morgan fingerprint density at radius 3 is 2.88 bits per heavy atom. The molecule has 2 aliphatic rings. The van der Waals surface area contributed by atoms with E-state index in [1.165, 1.54) is 10.4 Å². The number of rotatable bonds is 1. The third-order valence-electron chi connectivity index (χ3n) is 4.66. The van der Waals surface area contributed by atoms with Crippen molar-refractivity contribution < 1.29 is 9.90 Å². The average molecular weight is 472 g/mol. The molecule has 2 heterocycles. The fourth-order valence-electron chi connectivity index (χ4n) is 3.42. The Bertz CT molecular complexity index is 850. The van der Waals surface area contributed by atoms with E-state index < -0.39 is 6.17 Å². The van der Waals surface area contributed by atoms with Crippen molar-refractivity contribution in [2.75, 3.05) is 5.32 Å². The molecule has 0 saturated carbocycles. The van der Waals surface area contributed by atoms with E-state index in [4.69, 9.17) is 0 Å². The summed E-state index contributed by atoms with van der Waals surface area (Å²) in [6.07, 6.45) is 2.69. The molecule has 2 atom stereocenters. The third-order valence-corrected chi connectivity index (χ3v) is 6.91. The number of carbonyl (C=O) groups is 1. The van der Waals surface area contributed by atoms with Gasteiger partial charge in [0, 0.05) is 14.9 Å². The second kappa shape index (κ2) is 6.04. The third kappa shape index (κ3) is 2.66. The number of thiophene rings is 1. The molecular weight excluding hydrogens is 456 g/mol. The first-order chi connectivity index (χ1) is 11.4. The van der Waals surface area contributed by atoms with E-state index >= 15 is 0 Å². The van der Waals surface area contributed by atoms with Crippen LogP contribution in [0.3, 0.4) is 0 Å². The lowest BCUT2D eigenvalue weighted by molar-refractivity contribution is 0.0935. The molecular formula is C17H16Br2N2O2S. The molecule has 4 rings (SSSR count). The van der Waals surface area contributed by atoms with E-state index in [1.54, 1.807) is 17.4 Å². The Morgan fingerprint density at radius 2 is 2.08 bits per heavy atom. The Kier molecular flexibility index (Phi) is 4.13. The second-order valence-corrected chi connectivity index (χ2v) is 9.31. The van der Waals surface area contributed by atoms with E-state index in [2.05, 4.69) is 49.4 Å². The van der Waals surface area contributed by atoms with Crippen molar-refractivity contribution in [1.29, 1.82) is 0 Å². The fourth-order valence-corrected chi connectivity index (χ4v) is 6.12. The maximum absolute atomic E-state index is 12.7. The first-order valence-corrected chi connectivity index (χ1v) is 10.2. The number of hydrogen-bond acceptors (Lipinski definition) is 4. The standard InChI is InChI=1S/C17H16Br2N2O2S/c1-7-2-3-9-12(4-7)24-17-13(9)16(23)20-15(21-17)10-5-8(18)6-11(19)14(10)22/h5-7,15,21-22H,2-4H2,1H3,(H,20,23). The van der Waals surface area contributed by atoms with Gasteiger partial charge in [-0.25, -0.2) is 0 Å². The van der Waals surface area contributed by atoms with Crippen LogP contribution < -0.4 is 10.6 Å². The van der Waals surface area contributed by atoms with Crippen LogP contribution in [-0.2, 0) is 12.8 Å². The molecule has 1 aliphatic heterocycles. The minimum atomic E-state index is -0.448. The van der Waals surface area contributed by atoms with Crippen LogP contribution in [0.2, 0.25) is 0 Å². The zero-order chi connectivity index (χ0) is 17.0. The van der Waals surface area contributed by atoms with Crippen molar-refractivity contribution in [1.82, 2.24) is 5.32 Å². The molecule has 1 aromatic heterocycles. The van der Waals surface area contributed by atoms with Gasteiger partial charge in [0.2, 0.25) is 0 Å². The molecule has 4 nitrogen and oxygen atoms in total. The zero-order valence-corrected chi connectivity index (χ0v) is 16.9. The van der Waals surface area contributed by atoms with Crippen molar-refractivity contribution in [3.8, 4) is 5.75 Å². The van der Waals surface area contributed by atoms with Gasteiger partial charge in [-0.05, 0) is 58.8 Å². The Balaban J connectivity index is 1.74. The normalized spacial score (nSPS) is 22.4. The molecule has 2 aromatic rings. The van der Waals surface area contributed by atoms with E-state index in [0.717, 1.165) is 34.3 Å². The van der Waals surface area contributed by atoms with Gasteiger partial charge < -0.3 is 15.7 Å². The summed E-state index contributed by atoms with van der Waals surface area (Å²) in [5.41, 5.74) is 2.64. The highest BCUT2D eigenvalue weighted by atomic mass is 79.9. The Hall–Kier alpha value is -1.05. The zero-order valence-electron chi connectivity index (χ0n) is 13.0. The summed E-state index contributed by atoms with van der Waals surface area (Å²) in [6.45, 7) is 2.26. The second-order valence-electron chi connectivity index (χ2n) is 6.43. The van der Waals surface area contributed by atoms with Gasteiger partial charge in [0.15, 0.2) is 0 Å². The van der Waals surface area contributed by atoms with Crippen molar-refractivity contribution in [3.05, 3.63) is 42.6 Å². The van der Waals surface area contributed by atoms with Gasteiger partial charge in [0.1, 0.15) is 16.9 Å². The van der Waals surface area contributed by atoms with E-state index in [1.807, 2.05) is 6.07 Å². The number of halogens is 2. The lowest BCUT2D eigenvalue weighted by Crippen LogP contribution is -2.38. The lowest BCUT2D eigenvalue weighted by Gasteiger charge is -2.27. The van der Waals surface area contributed by atoms with Gasteiger partial charge in [-0.15, -0.1) is 11.3 Å². The molecule has 1 amide bonds. The van der Waals surface area contributed by atoms with Crippen LogP contribution in [0.15, 0.2) is 21.1 Å². The molecule has 126 valence electrons. The number of phenolic OH excluding ortho intramolecular Hbond substituents is 1. The minimum absolute atomic E-state index is 0.0590. The molecule has 0 spiro atoms. The Labute approximate surface area is 160 Å². The number of amides is 1. The predicted octanol–water partition coefficient (Wildman–Crippen LogP) is 4.96. The molecule has 1 aromatic carbocycles. The Morgan fingerprint density at radius 1 is 1.29 bits per heavy atom. The van der Waals surface area contributed by atoms with E-state index in [-0.39, 0.29) is 11.7 Å². The summed E-state index contributed by atoms with van der Waals surface area (Å²) < 4.78 is 1.43. The predicted molar refractivity (Wildman–Crippen MR) is 103 cm³/mol. The van der Waals surface area contributed by atoms with Crippen LogP contribution in [0.4, 0.5) is 5.00 Å². The van der Waals surface area contributed by atoms with Crippen LogP contribution in [0, 0.1) is 5.92 Å². The number of phenols is 1. The summed E-state index contributed by atoms with van der Waals surface area (Å²) >= 11 is 8.46. The highest BCUT2D eigenvalue weighted by Crippen LogP contribution is 2.44. The lowest BCUT2D eigenvalue weighted by atomic mass is 9.88. The largest absolute Gasteiger partial charge is 0.506 e. The van der Waals surface area contributed by atoms with Crippen LogP contribution in [0.5, 0.6) is 5.75 Å². The van der Waals surface area contributed by atoms with Crippen LogP contribution in [0.1, 0.15) is 45.9 Å². The molecule has 24 heavy (non-hydrogen) atoms. The van der Waals surface area contributed by atoms with Gasteiger partial charge >= 0.3 is 0 Å². The van der Waals surface area contributed by atoms with E-state index in [9.17, 15) is 9.90 Å². The summed E-state index contributed by atoms with van der Waals surface area (Å²) in [7, 11) is 0. The van der Waals surface area contributed by atoms with Gasteiger partial charge in [0.25, 0.3) is 5.91 Å². The summed E-state index contributed by atoms with van der Waals surface area (Å²) in [6, 6.07) is 3.60. The molecule has 0 radical (unpaired) electrons. The average Bonchev–Trinajstić information content (AvgIpc) is 2.88. The maximum Gasteiger partial charge on any atom is 0.256 e. The van der Waals surface area contributed by atoms with Crippen molar-refractivity contribution in [2.45, 2.75) is 32.4 Å². The quantitative estimate of drug-likeness (QED) is 0.550. The van der Waals surface area contributed by atoms with Crippen LogP contribution >= 0.6 is 43.2 Å². The molecule has 7 heteroatoms. The molecule has 0 saturated heterocycles. The number of benzene rings is 1. The molecule has 2 unspecified atom stereocenters. The highest BCUT2D eigenvalue weighted by Gasteiger charge is 2.34. The number of fused-ring (bicyclic) bond motifs is 3. The van der Waals surface area contributed by atoms with Gasteiger partial charge in [-0.1, -0.05) is 22.9 Å². The minimum Gasteiger partial charge on any atom is -0.506 e. The monoisotopic (exact) mass is 470 g/mol. The smallest absolute Gasteiger partial charge is 0.256 e.